The number of carbonyl (C=O) groups excluding carboxylic acids is 1. The number of nitrogens with zero attached hydrogens (tertiary/aromatic N) is 1. The molecule has 1 aromatic rings. The van der Waals surface area contributed by atoms with Gasteiger partial charge in [-0.2, -0.15) is 0 Å². The zero-order chi connectivity index (χ0) is 16.7. The summed E-state index contributed by atoms with van der Waals surface area (Å²) >= 11 is 1.72. The Hall–Kier alpha value is -1.69. The molecular weight excluding hydrogens is 312 g/mol. The first-order valence-electron chi connectivity index (χ1n) is 8.06. The highest BCUT2D eigenvalue weighted by atomic mass is 32.2. The average molecular weight is 336 g/mol. The Morgan fingerprint density at radius 2 is 2.13 bits per heavy atom. The van der Waals surface area contributed by atoms with E-state index in [1.165, 1.54) is 4.90 Å². The van der Waals surface area contributed by atoms with Crippen LogP contribution < -0.4 is 5.32 Å². The minimum atomic E-state index is -0.811. The first-order valence-corrected chi connectivity index (χ1v) is 9.04. The summed E-state index contributed by atoms with van der Waals surface area (Å²) in [5, 5.41) is 12.2. The van der Waals surface area contributed by atoms with E-state index in [2.05, 4.69) is 17.4 Å². The van der Waals surface area contributed by atoms with Crippen molar-refractivity contribution in [2.45, 2.75) is 37.1 Å². The van der Waals surface area contributed by atoms with Crippen molar-refractivity contribution in [3.63, 3.8) is 0 Å². The normalized spacial score (nSPS) is 19.2. The molecule has 0 saturated carbocycles. The monoisotopic (exact) mass is 336 g/mol. The van der Waals surface area contributed by atoms with E-state index < -0.39 is 11.9 Å². The molecule has 1 aromatic carbocycles. The van der Waals surface area contributed by atoms with Crippen molar-refractivity contribution >= 4 is 23.8 Å². The van der Waals surface area contributed by atoms with Crippen LogP contribution in [0.2, 0.25) is 0 Å². The molecule has 23 heavy (non-hydrogen) atoms. The van der Waals surface area contributed by atoms with Gasteiger partial charge in [0.2, 0.25) is 0 Å². The molecule has 0 bridgehead atoms. The molecule has 1 fully saturated rings. The highest BCUT2D eigenvalue weighted by Crippen LogP contribution is 2.20. The number of carboxylic acid groups (broad SMARTS) is 1. The molecule has 1 heterocycles. The molecular formula is C17H24N2O3S. The number of aliphatic carboxylic acids is 1. The number of benzene rings is 1. The van der Waals surface area contributed by atoms with Gasteiger partial charge in [-0.15, -0.1) is 11.8 Å². The molecule has 2 rings (SSSR count). The van der Waals surface area contributed by atoms with Crippen LogP contribution >= 0.6 is 11.8 Å². The lowest BCUT2D eigenvalue weighted by molar-refractivity contribution is -0.143. The summed E-state index contributed by atoms with van der Waals surface area (Å²) in [5.41, 5.74) is 0. The van der Waals surface area contributed by atoms with Gasteiger partial charge < -0.3 is 15.3 Å². The number of piperidine rings is 1. The molecule has 1 saturated heterocycles. The molecule has 1 aliphatic rings. The van der Waals surface area contributed by atoms with Gasteiger partial charge in [0, 0.05) is 29.8 Å². The molecule has 0 radical (unpaired) electrons. The Balaban J connectivity index is 1.83. The molecule has 0 aliphatic carbocycles. The van der Waals surface area contributed by atoms with Crippen molar-refractivity contribution < 1.29 is 14.7 Å². The van der Waals surface area contributed by atoms with Crippen LogP contribution in [0.15, 0.2) is 35.2 Å². The molecule has 0 aromatic heterocycles. The summed E-state index contributed by atoms with van der Waals surface area (Å²) in [6, 6.07) is 10.0. The van der Waals surface area contributed by atoms with Crippen LogP contribution in [0.4, 0.5) is 4.79 Å². The zero-order valence-corrected chi connectivity index (χ0v) is 14.2. The largest absolute Gasteiger partial charge is 0.481 e. The minimum absolute atomic E-state index is 0.0814. The molecule has 2 unspecified atom stereocenters. The van der Waals surface area contributed by atoms with Gasteiger partial charge in [-0.1, -0.05) is 25.1 Å². The lowest BCUT2D eigenvalue weighted by Crippen LogP contribution is -2.50. The molecule has 6 heteroatoms. The molecule has 126 valence electrons. The number of thioether (sulfide) groups is 1. The summed E-state index contributed by atoms with van der Waals surface area (Å²) in [5.74, 6) is -0.440. The highest BCUT2D eigenvalue weighted by Gasteiger charge is 2.28. The third kappa shape index (κ3) is 5.46. The zero-order valence-electron chi connectivity index (χ0n) is 13.4. The first-order chi connectivity index (χ1) is 11.1. The SMILES string of the molecule is CCC(CSc1ccccc1)NC(=O)N1CCCC(C(=O)O)C1. The third-order valence-electron chi connectivity index (χ3n) is 4.07. The Morgan fingerprint density at radius 3 is 2.78 bits per heavy atom. The Morgan fingerprint density at radius 1 is 1.39 bits per heavy atom. The number of urea groups is 1. The first kappa shape index (κ1) is 17.7. The number of nitrogens with one attached hydrogen (secondary N) is 1. The number of carbonyl (C=O) groups is 2. The van der Waals surface area contributed by atoms with E-state index in [0.29, 0.717) is 19.5 Å². The average Bonchev–Trinajstić information content (AvgIpc) is 2.59. The van der Waals surface area contributed by atoms with E-state index in [-0.39, 0.29) is 12.1 Å². The predicted molar refractivity (Wildman–Crippen MR) is 91.7 cm³/mol. The van der Waals surface area contributed by atoms with E-state index in [1.54, 1.807) is 16.7 Å². The van der Waals surface area contributed by atoms with Crippen LogP contribution in [0.3, 0.4) is 0 Å². The van der Waals surface area contributed by atoms with Crippen molar-refractivity contribution in [2.75, 3.05) is 18.8 Å². The van der Waals surface area contributed by atoms with E-state index in [1.807, 2.05) is 25.1 Å². The summed E-state index contributed by atoms with van der Waals surface area (Å²) in [4.78, 5) is 26.3. The van der Waals surface area contributed by atoms with Crippen molar-refractivity contribution in [1.82, 2.24) is 10.2 Å². The molecule has 0 spiro atoms. The second-order valence-electron chi connectivity index (χ2n) is 5.80. The van der Waals surface area contributed by atoms with Crippen LogP contribution in [0.5, 0.6) is 0 Å². The van der Waals surface area contributed by atoms with Crippen LogP contribution in [0.1, 0.15) is 26.2 Å². The van der Waals surface area contributed by atoms with Crippen LogP contribution in [-0.4, -0.2) is 46.9 Å². The summed E-state index contributed by atoms with van der Waals surface area (Å²) in [6.07, 6.45) is 2.25. The number of carboxylic acids is 1. The van der Waals surface area contributed by atoms with Gasteiger partial charge in [0.05, 0.1) is 5.92 Å². The van der Waals surface area contributed by atoms with Crippen LogP contribution in [0, 0.1) is 5.92 Å². The van der Waals surface area contributed by atoms with Gasteiger partial charge in [-0.3, -0.25) is 4.79 Å². The highest BCUT2D eigenvalue weighted by molar-refractivity contribution is 7.99. The molecule has 2 N–H and O–H groups in total. The van der Waals surface area contributed by atoms with Crippen molar-refractivity contribution in [3.05, 3.63) is 30.3 Å². The maximum Gasteiger partial charge on any atom is 0.317 e. The lowest BCUT2D eigenvalue weighted by atomic mass is 9.99. The van der Waals surface area contributed by atoms with E-state index in [0.717, 1.165) is 18.6 Å². The Kier molecular flexibility index (Phi) is 6.77. The molecule has 2 atom stereocenters. The smallest absolute Gasteiger partial charge is 0.317 e. The molecule has 1 aliphatic heterocycles. The number of likely N-dealkylation sites (tertiary alicyclic amines) is 1. The fourth-order valence-electron chi connectivity index (χ4n) is 2.60. The van der Waals surface area contributed by atoms with Gasteiger partial charge in [0.15, 0.2) is 0 Å². The topological polar surface area (TPSA) is 69.6 Å². The number of amides is 2. The predicted octanol–water partition coefficient (Wildman–Crippen LogP) is 3.06. The quantitative estimate of drug-likeness (QED) is 0.783. The van der Waals surface area contributed by atoms with Gasteiger partial charge in [-0.05, 0) is 31.4 Å². The summed E-state index contributed by atoms with van der Waals surface area (Å²) in [7, 11) is 0. The number of hydrogen-bond acceptors (Lipinski definition) is 3. The third-order valence-corrected chi connectivity index (χ3v) is 5.25. The van der Waals surface area contributed by atoms with Crippen LogP contribution in [-0.2, 0) is 4.79 Å². The van der Waals surface area contributed by atoms with Gasteiger partial charge >= 0.3 is 12.0 Å². The lowest BCUT2D eigenvalue weighted by Gasteiger charge is -2.32. The van der Waals surface area contributed by atoms with Crippen molar-refractivity contribution in [2.24, 2.45) is 5.92 Å². The van der Waals surface area contributed by atoms with Gasteiger partial charge in [0.1, 0.15) is 0 Å². The van der Waals surface area contributed by atoms with Gasteiger partial charge in [-0.25, -0.2) is 4.79 Å². The molecule has 2 amide bonds. The standard InChI is InChI=1S/C17H24N2O3S/c1-2-14(12-23-15-8-4-3-5-9-15)18-17(22)19-10-6-7-13(11-19)16(20)21/h3-5,8-9,13-14H,2,6-7,10-12H2,1H3,(H,18,22)(H,20,21). The second kappa shape index (κ2) is 8.82. The maximum absolute atomic E-state index is 12.4. The van der Waals surface area contributed by atoms with E-state index in [4.69, 9.17) is 5.11 Å². The van der Waals surface area contributed by atoms with E-state index in [9.17, 15) is 9.59 Å². The van der Waals surface area contributed by atoms with Crippen molar-refractivity contribution in [1.29, 1.82) is 0 Å². The Labute approximate surface area is 141 Å². The fourth-order valence-corrected chi connectivity index (χ4v) is 3.67. The fraction of sp³-hybridized carbons (Fsp3) is 0.529. The second-order valence-corrected chi connectivity index (χ2v) is 6.90. The number of hydrogen-bond donors (Lipinski definition) is 2. The van der Waals surface area contributed by atoms with E-state index >= 15 is 0 Å². The number of rotatable bonds is 6. The van der Waals surface area contributed by atoms with Crippen LogP contribution in [0.25, 0.3) is 0 Å². The molecule has 5 nitrogen and oxygen atoms in total. The summed E-state index contributed by atoms with van der Waals surface area (Å²) < 4.78 is 0. The van der Waals surface area contributed by atoms with Gasteiger partial charge in [0.25, 0.3) is 0 Å². The van der Waals surface area contributed by atoms with Crippen molar-refractivity contribution in [3.8, 4) is 0 Å². The Bertz CT molecular complexity index is 524. The maximum atomic E-state index is 12.4. The summed E-state index contributed by atoms with van der Waals surface area (Å²) in [6.45, 7) is 2.99. The minimum Gasteiger partial charge on any atom is -0.481 e.